The highest BCUT2D eigenvalue weighted by atomic mass is 32.2. The first-order valence-electron chi connectivity index (χ1n) is 8.86. The van der Waals surface area contributed by atoms with Gasteiger partial charge in [0.1, 0.15) is 0 Å². The van der Waals surface area contributed by atoms with Crippen LogP contribution in [-0.2, 0) is 27.7 Å². The molecule has 0 aromatic heterocycles. The zero-order valence-corrected chi connectivity index (χ0v) is 15.6. The van der Waals surface area contributed by atoms with Crippen molar-refractivity contribution >= 4 is 15.7 Å². The molecule has 5 nitrogen and oxygen atoms in total. The van der Waals surface area contributed by atoms with Crippen LogP contribution in [0.4, 0.5) is 0 Å². The SMILES string of the molecule is CS(=O)(=O)c1ccc(-c2ccc3c(c2)CN(C(=O)C2CCCN2)C3)cc1. The van der Waals surface area contributed by atoms with Crippen LogP contribution in [0.1, 0.15) is 24.0 Å². The molecule has 2 aromatic carbocycles. The van der Waals surface area contributed by atoms with Crippen molar-refractivity contribution in [2.24, 2.45) is 0 Å². The van der Waals surface area contributed by atoms with Gasteiger partial charge in [-0.05, 0) is 59.8 Å². The molecular formula is C20H22N2O3S. The third kappa shape index (κ3) is 3.27. The van der Waals surface area contributed by atoms with Gasteiger partial charge in [-0.1, -0.05) is 24.3 Å². The standard InChI is InChI=1S/C20H22N2O3S/c1-26(24,25)18-8-6-14(7-9-18)15-4-5-16-12-22(13-17(16)11-15)20(23)19-3-2-10-21-19/h4-9,11,19,21H,2-3,10,12-13H2,1H3. The molecule has 1 N–H and O–H groups in total. The largest absolute Gasteiger partial charge is 0.333 e. The van der Waals surface area contributed by atoms with Crippen LogP contribution in [0.3, 0.4) is 0 Å². The van der Waals surface area contributed by atoms with Crippen LogP contribution in [0, 0.1) is 0 Å². The highest BCUT2D eigenvalue weighted by Crippen LogP contribution is 2.30. The van der Waals surface area contributed by atoms with E-state index in [0.717, 1.165) is 30.5 Å². The van der Waals surface area contributed by atoms with E-state index in [1.807, 2.05) is 23.1 Å². The number of carbonyl (C=O) groups excluding carboxylic acids is 1. The van der Waals surface area contributed by atoms with Crippen LogP contribution in [0.25, 0.3) is 11.1 Å². The molecule has 26 heavy (non-hydrogen) atoms. The molecule has 0 aliphatic carbocycles. The molecule has 136 valence electrons. The number of hydrogen-bond acceptors (Lipinski definition) is 4. The molecule has 0 bridgehead atoms. The summed E-state index contributed by atoms with van der Waals surface area (Å²) < 4.78 is 23.2. The number of nitrogens with one attached hydrogen (secondary N) is 1. The second-order valence-electron chi connectivity index (χ2n) is 7.12. The van der Waals surface area contributed by atoms with E-state index < -0.39 is 9.84 Å². The molecule has 1 saturated heterocycles. The minimum Gasteiger partial charge on any atom is -0.333 e. The fourth-order valence-electron chi connectivity index (χ4n) is 3.74. The van der Waals surface area contributed by atoms with Gasteiger partial charge in [0, 0.05) is 19.3 Å². The van der Waals surface area contributed by atoms with Crippen molar-refractivity contribution in [2.75, 3.05) is 12.8 Å². The summed E-state index contributed by atoms with van der Waals surface area (Å²) in [7, 11) is -3.19. The Kier molecular flexibility index (Phi) is 4.32. The molecule has 0 spiro atoms. The average Bonchev–Trinajstić information content (AvgIpc) is 3.29. The maximum Gasteiger partial charge on any atom is 0.240 e. The topological polar surface area (TPSA) is 66.5 Å². The van der Waals surface area contributed by atoms with E-state index in [2.05, 4.69) is 17.4 Å². The fourth-order valence-corrected chi connectivity index (χ4v) is 4.37. The van der Waals surface area contributed by atoms with Gasteiger partial charge in [-0.25, -0.2) is 8.42 Å². The Bertz CT molecular complexity index is 946. The third-order valence-electron chi connectivity index (χ3n) is 5.21. The van der Waals surface area contributed by atoms with Gasteiger partial charge in [0.15, 0.2) is 9.84 Å². The maximum atomic E-state index is 12.6. The van der Waals surface area contributed by atoms with Crippen molar-refractivity contribution < 1.29 is 13.2 Å². The summed E-state index contributed by atoms with van der Waals surface area (Å²) in [4.78, 5) is 14.9. The first-order valence-corrected chi connectivity index (χ1v) is 10.8. The molecule has 6 heteroatoms. The van der Waals surface area contributed by atoms with Crippen molar-refractivity contribution in [1.29, 1.82) is 0 Å². The predicted octanol–water partition coefficient (Wildman–Crippen LogP) is 2.35. The number of benzene rings is 2. The van der Waals surface area contributed by atoms with Crippen molar-refractivity contribution in [3.8, 4) is 11.1 Å². The zero-order chi connectivity index (χ0) is 18.3. The summed E-state index contributed by atoms with van der Waals surface area (Å²) >= 11 is 0. The van der Waals surface area contributed by atoms with Gasteiger partial charge in [-0.2, -0.15) is 0 Å². The molecule has 1 amide bonds. The fraction of sp³-hybridized carbons (Fsp3) is 0.350. The van der Waals surface area contributed by atoms with Crippen LogP contribution in [0.2, 0.25) is 0 Å². The lowest BCUT2D eigenvalue weighted by Crippen LogP contribution is -2.40. The molecular weight excluding hydrogens is 348 g/mol. The molecule has 0 saturated carbocycles. The number of amides is 1. The van der Waals surface area contributed by atoms with Gasteiger partial charge in [-0.3, -0.25) is 4.79 Å². The van der Waals surface area contributed by atoms with E-state index in [9.17, 15) is 13.2 Å². The average molecular weight is 370 g/mol. The van der Waals surface area contributed by atoms with Crippen molar-refractivity contribution in [1.82, 2.24) is 10.2 Å². The van der Waals surface area contributed by atoms with Crippen LogP contribution in [0.5, 0.6) is 0 Å². The van der Waals surface area contributed by atoms with E-state index in [4.69, 9.17) is 0 Å². The summed E-state index contributed by atoms with van der Waals surface area (Å²) in [5.41, 5.74) is 4.37. The maximum absolute atomic E-state index is 12.6. The van der Waals surface area contributed by atoms with Crippen LogP contribution in [-0.4, -0.2) is 38.1 Å². The summed E-state index contributed by atoms with van der Waals surface area (Å²) in [5.74, 6) is 0.192. The molecule has 4 rings (SSSR count). The van der Waals surface area contributed by atoms with E-state index in [1.54, 1.807) is 12.1 Å². The minimum absolute atomic E-state index is 0.0349. The van der Waals surface area contributed by atoms with Crippen molar-refractivity contribution in [2.45, 2.75) is 36.9 Å². The van der Waals surface area contributed by atoms with E-state index in [1.165, 1.54) is 17.4 Å². The second kappa shape index (κ2) is 6.52. The van der Waals surface area contributed by atoms with Crippen molar-refractivity contribution in [3.05, 3.63) is 53.6 Å². The Morgan fingerprint density at radius 3 is 2.38 bits per heavy atom. The summed E-state index contributed by atoms with van der Waals surface area (Å²) in [6, 6.07) is 13.1. The number of sulfone groups is 1. The second-order valence-corrected chi connectivity index (χ2v) is 9.14. The van der Waals surface area contributed by atoms with Gasteiger partial charge in [0.2, 0.25) is 5.91 Å². The molecule has 0 radical (unpaired) electrons. The molecule has 1 atom stereocenters. The lowest BCUT2D eigenvalue weighted by atomic mass is 10.0. The molecule has 1 fully saturated rings. The first kappa shape index (κ1) is 17.2. The Hall–Kier alpha value is -2.18. The Morgan fingerprint density at radius 2 is 1.73 bits per heavy atom. The van der Waals surface area contributed by atoms with Crippen molar-refractivity contribution in [3.63, 3.8) is 0 Å². The summed E-state index contributed by atoms with van der Waals surface area (Å²) in [6.45, 7) is 2.23. The molecule has 2 aromatic rings. The Labute approximate surface area is 153 Å². The highest BCUT2D eigenvalue weighted by Gasteiger charge is 2.30. The minimum atomic E-state index is -3.19. The number of nitrogens with zero attached hydrogens (tertiary/aromatic N) is 1. The molecule has 1 unspecified atom stereocenters. The van der Waals surface area contributed by atoms with Crippen LogP contribution in [0.15, 0.2) is 47.4 Å². The number of hydrogen-bond donors (Lipinski definition) is 1. The number of rotatable bonds is 3. The van der Waals surface area contributed by atoms with Crippen LogP contribution >= 0.6 is 0 Å². The lowest BCUT2D eigenvalue weighted by molar-refractivity contribution is -0.133. The van der Waals surface area contributed by atoms with Gasteiger partial charge < -0.3 is 10.2 Å². The quantitative estimate of drug-likeness (QED) is 0.901. The predicted molar refractivity (Wildman–Crippen MR) is 100 cm³/mol. The number of fused-ring (bicyclic) bond motifs is 1. The zero-order valence-electron chi connectivity index (χ0n) is 14.7. The molecule has 2 aliphatic heterocycles. The summed E-state index contributed by atoms with van der Waals surface area (Å²) in [5, 5.41) is 3.27. The molecule has 2 aliphatic rings. The monoisotopic (exact) mass is 370 g/mol. The highest BCUT2D eigenvalue weighted by molar-refractivity contribution is 7.90. The van der Waals surface area contributed by atoms with Gasteiger partial charge in [-0.15, -0.1) is 0 Å². The summed E-state index contributed by atoms with van der Waals surface area (Å²) in [6.07, 6.45) is 3.19. The van der Waals surface area contributed by atoms with E-state index in [-0.39, 0.29) is 11.9 Å². The van der Waals surface area contributed by atoms with Gasteiger partial charge in [0.25, 0.3) is 0 Å². The van der Waals surface area contributed by atoms with E-state index >= 15 is 0 Å². The molecule has 2 heterocycles. The van der Waals surface area contributed by atoms with Crippen LogP contribution < -0.4 is 5.32 Å². The lowest BCUT2D eigenvalue weighted by Gasteiger charge is -2.19. The third-order valence-corrected chi connectivity index (χ3v) is 6.34. The van der Waals surface area contributed by atoms with Gasteiger partial charge >= 0.3 is 0 Å². The Balaban J connectivity index is 1.54. The van der Waals surface area contributed by atoms with Gasteiger partial charge in [0.05, 0.1) is 10.9 Å². The smallest absolute Gasteiger partial charge is 0.240 e. The first-order chi connectivity index (χ1) is 12.4. The number of carbonyl (C=O) groups is 1. The normalized spacial score (nSPS) is 19.6. The van der Waals surface area contributed by atoms with E-state index in [0.29, 0.717) is 18.0 Å². The Morgan fingerprint density at radius 1 is 1.04 bits per heavy atom.